The molecule has 1 aromatic heterocycles. The van der Waals surface area contributed by atoms with Crippen LogP contribution in [-0.4, -0.2) is 9.55 Å². The van der Waals surface area contributed by atoms with Gasteiger partial charge in [-0.2, -0.15) is 0 Å². The van der Waals surface area contributed by atoms with Gasteiger partial charge >= 0.3 is 0 Å². The summed E-state index contributed by atoms with van der Waals surface area (Å²) in [6.07, 6.45) is 3.75. The van der Waals surface area contributed by atoms with Crippen molar-refractivity contribution in [3.8, 4) is 11.4 Å². The number of aromatic nitrogens is 2. The number of nitrogens with two attached hydrogens (primary N) is 1. The van der Waals surface area contributed by atoms with E-state index < -0.39 is 0 Å². The van der Waals surface area contributed by atoms with Gasteiger partial charge in [-0.1, -0.05) is 17.7 Å². The lowest BCUT2D eigenvalue weighted by Crippen LogP contribution is -2.02. The predicted molar refractivity (Wildman–Crippen MR) is 61.3 cm³/mol. The van der Waals surface area contributed by atoms with Crippen LogP contribution in [-0.2, 0) is 13.6 Å². The Morgan fingerprint density at radius 2 is 2.20 bits per heavy atom. The Labute approximate surface area is 89.6 Å². The third kappa shape index (κ3) is 1.78. The van der Waals surface area contributed by atoms with Gasteiger partial charge < -0.3 is 10.3 Å². The van der Waals surface area contributed by atoms with Gasteiger partial charge in [0, 0.05) is 31.5 Å². The molecule has 78 valence electrons. The van der Waals surface area contributed by atoms with Gasteiger partial charge in [-0.05, 0) is 18.6 Å². The molecule has 2 rings (SSSR count). The smallest absolute Gasteiger partial charge is 0.139 e. The van der Waals surface area contributed by atoms with Crippen LogP contribution in [0.3, 0.4) is 0 Å². The Hall–Kier alpha value is -1.61. The third-order valence-electron chi connectivity index (χ3n) is 2.55. The van der Waals surface area contributed by atoms with Crippen LogP contribution in [0.15, 0.2) is 30.6 Å². The van der Waals surface area contributed by atoms with Crippen molar-refractivity contribution < 1.29 is 0 Å². The van der Waals surface area contributed by atoms with E-state index in [0.717, 1.165) is 17.0 Å². The van der Waals surface area contributed by atoms with Crippen molar-refractivity contribution in [2.24, 2.45) is 12.8 Å². The second-order valence-electron chi connectivity index (χ2n) is 3.73. The normalized spacial score (nSPS) is 10.6. The highest BCUT2D eigenvalue weighted by Gasteiger charge is 2.08. The summed E-state index contributed by atoms with van der Waals surface area (Å²) in [4.78, 5) is 4.34. The predicted octanol–water partition coefficient (Wildman–Crippen LogP) is 1.85. The molecule has 0 aliphatic rings. The van der Waals surface area contributed by atoms with Gasteiger partial charge in [0.25, 0.3) is 0 Å². The highest BCUT2D eigenvalue weighted by molar-refractivity contribution is 5.61. The second-order valence-corrected chi connectivity index (χ2v) is 3.73. The highest BCUT2D eigenvalue weighted by Crippen LogP contribution is 2.22. The Morgan fingerprint density at radius 3 is 2.80 bits per heavy atom. The quantitative estimate of drug-likeness (QED) is 0.806. The third-order valence-corrected chi connectivity index (χ3v) is 2.55. The Bertz CT molecular complexity index is 471. The standard InChI is InChI=1S/C12H15N3/c1-9-3-4-10(8-13)11(7-9)12-14-5-6-15(12)2/h3-7H,8,13H2,1-2H3. The molecule has 0 saturated carbocycles. The maximum atomic E-state index is 5.72. The first-order valence-electron chi connectivity index (χ1n) is 4.99. The average molecular weight is 201 g/mol. The highest BCUT2D eigenvalue weighted by atomic mass is 15.0. The molecule has 0 atom stereocenters. The summed E-state index contributed by atoms with van der Waals surface area (Å²) < 4.78 is 2.01. The second kappa shape index (κ2) is 3.87. The van der Waals surface area contributed by atoms with Gasteiger partial charge in [0.15, 0.2) is 0 Å². The molecular formula is C12H15N3. The lowest BCUT2D eigenvalue weighted by molar-refractivity contribution is 0.918. The monoisotopic (exact) mass is 201 g/mol. The molecule has 0 unspecified atom stereocenters. The maximum absolute atomic E-state index is 5.72. The van der Waals surface area contributed by atoms with E-state index in [4.69, 9.17) is 5.73 Å². The molecule has 1 heterocycles. The fourth-order valence-electron chi connectivity index (χ4n) is 1.70. The minimum Gasteiger partial charge on any atom is -0.334 e. The molecule has 0 amide bonds. The van der Waals surface area contributed by atoms with E-state index in [9.17, 15) is 0 Å². The van der Waals surface area contributed by atoms with Crippen LogP contribution in [0, 0.1) is 6.92 Å². The summed E-state index contributed by atoms with van der Waals surface area (Å²) >= 11 is 0. The summed E-state index contributed by atoms with van der Waals surface area (Å²) in [7, 11) is 1.99. The SMILES string of the molecule is Cc1ccc(CN)c(-c2nccn2C)c1. The molecule has 2 N–H and O–H groups in total. The largest absolute Gasteiger partial charge is 0.334 e. The van der Waals surface area contributed by atoms with Gasteiger partial charge in [0.1, 0.15) is 5.82 Å². The van der Waals surface area contributed by atoms with Crippen LogP contribution < -0.4 is 5.73 Å². The molecule has 2 aromatic rings. The number of imidazole rings is 1. The van der Waals surface area contributed by atoms with E-state index in [1.807, 2.05) is 17.8 Å². The van der Waals surface area contributed by atoms with E-state index in [1.165, 1.54) is 5.56 Å². The number of hydrogen-bond acceptors (Lipinski definition) is 2. The van der Waals surface area contributed by atoms with Crippen molar-refractivity contribution >= 4 is 0 Å². The zero-order chi connectivity index (χ0) is 10.8. The first-order valence-corrected chi connectivity index (χ1v) is 4.99. The van der Waals surface area contributed by atoms with Gasteiger partial charge in [0.05, 0.1) is 0 Å². The minimum atomic E-state index is 0.544. The zero-order valence-electron chi connectivity index (χ0n) is 9.07. The molecular weight excluding hydrogens is 186 g/mol. The molecule has 0 fully saturated rings. The molecule has 3 nitrogen and oxygen atoms in total. The summed E-state index contributed by atoms with van der Waals surface area (Å²) in [5.41, 5.74) is 9.21. The van der Waals surface area contributed by atoms with Crippen molar-refractivity contribution in [2.45, 2.75) is 13.5 Å². The maximum Gasteiger partial charge on any atom is 0.139 e. The van der Waals surface area contributed by atoms with Crippen LogP contribution in [0.2, 0.25) is 0 Å². The molecule has 0 saturated heterocycles. The lowest BCUT2D eigenvalue weighted by Gasteiger charge is -2.08. The van der Waals surface area contributed by atoms with Crippen LogP contribution in [0.1, 0.15) is 11.1 Å². The Morgan fingerprint density at radius 1 is 1.40 bits per heavy atom. The van der Waals surface area contributed by atoms with E-state index in [0.29, 0.717) is 6.54 Å². The van der Waals surface area contributed by atoms with Gasteiger partial charge in [-0.25, -0.2) is 4.98 Å². The number of hydrogen-bond donors (Lipinski definition) is 1. The van der Waals surface area contributed by atoms with Crippen molar-refractivity contribution in [2.75, 3.05) is 0 Å². The van der Waals surface area contributed by atoms with Gasteiger partial charge in [0.2, 0.25) is 0 Å². The van der Waals surface area contributed by atoms with E-state index in [-0.39, 0.29) is 0 Å². The minimum absolute atomic E-state index is 0.544. The topological polar surface area (TPSA) is 43.8 Å². The Balaban J connectivity index is 2.60. The molecule has 0 aliphatic heterocycles. The first kappa shape index (κ1) is 9.93. The number of nitrogens with zero attached hydrogens (tertiary/aromatic N) is 2. The van der Waals surface area contributed by atoms with Crippen LogP contribution >= 0.6 is 0 Å². The summed E-state index contributed by atoms with van der Waals surface area (Å²) in [5.74, 6) is 0.971. The summed E-state index contributed by atoms with van der Waals surface area (Å²) in [5, 5.41) is 0. The fourth-order valence-corrected chi connectivity index (χ4v) is 1.70. The number of benzene rings is 1. The molecule has 0 radical (unpaired) electrons. The van der Waals surface area contributed by atoms with Gasteiger partial charge in [-0.3, -0.25) is 0 Å². The molecule has 0 bridgehead atoms. The average Bonchev–Trinajstić information content (AvgIpc) is 2.64. The number of rotatable bonds is 2. The fraction of sp³-hybridized carbons (Fsp3) is 0.250. The van der Waals surface area contributed by atoms with Crippen molar-refractivity contribution in [1.82, 2.24) is 9.55 Å². The van der Waals surface area contributed by atoms with Crippen molar-refractivity contribution in [3.63, 3.8) is 0 Å². The van der Waals surface area contributed by atoms with Gasteiger partial charge in [-0.15, -0.1) is 0 Å². The first-order chi connectivity index (χ1) is 7.22. The summed E-state index contributed by atoms with van der Waals surface area (Å²) in [6, 6.07) is 6.28. The van der Waals surface area contributed by atoms with Crippen molar-refractivity contribution in [3.05, 3.63) is 41.7 Å². The lowest BCUT2D eigenvalue weighted by atomic mass is 10.0. The zero-order valence-corrected chi connectivity index (χ0v) is 9.07. The van der Waals surface area contributed by atoms with Crippen LogP contribution in [0.4, 0.5) is 0 Å². The number of aryl methyl sites for hydroxylation is 2. The van der Waals surface area contributed by atoms with Crippen LogP contribution in [0.25, 0.3) is 11.4 Å². The van der Waals surface area contributed by atoms with Crippen LogP contribution in [0.5, 0.6) is 0 Å². The summed E-state index contributed by atoms with van der Waals surface area (Å²) in [6.45, 7) is 2.62. The van der Waals surface area contributed by atoms with E-state index in [2.05, 4.69) is 30.1 Å². The Kier molecular flexibility index (Phi) is 2.56. The van der Waals surface area contributed by atoms with E-state index >= 15 is 0 Å². The molecule has 15 heavy (non-hydrogen) atoms. The molecule has 0 spiro atoms. The van der Waals surface area contributed by atoms with E-state index in [1.54, 1.807) is 6.20 Å². The molecule has 1 aromatic carbocycles. The molecule has 0 aliphatic carbocycles. The van der Waals surface area contributed by atoms with Crippen molar-refractivity contribution in [1.29, 1.82) is 0 Å². The molecule has 3 heteroatoms.